The Bertz CT molecular complexity index is 83.3. The zero-order valence-electron chi connectivity index (χ0n) is 7.10. The van der Waals surface area contributed by atoms with Crippen molar-refractivity contribution >= 4 is 0 Å². The van der Waals surface area contributed by atoms with E-state index in [1.54, 1.807) is 6.92 Å². The predicted octanol–water partition coefficient (Wildman–Crippen LogP) is 2.11. The normalized spacial score (nSPS) is 20.1. The van der Waals surface area contributed by atoms with Gasteiger partial charge in [-0.1, -0.05) is 20.3 Å². The Balaban J connectivity index is 3.46. The average Bonchev–Trinajstić information content (AvgIpc) is 1.87. The molecule has 0 aliphatic rings. The molecule has 10 heavy (non-hydrogen) atoms. The van der Waals surface area contributed by atoms with Crippen LogP contribution in [0, 0.1) is 5.92 Å². The lowest BCUT2D eigenvalue weighted by Gasteiger charge is -2.15. The lowest BCUT2D eigenvalue weighted by atomic mass is 9.99. The Kier molecular flexibility index (Phi) is 4.62. The molecular formula is C8H18FN. The summed E-state index contributed by atoms with van der Waals surface area (Å²) in [6.45, 7) is 5.83. The van der Waals surface area contributed by atoms with E-state index in [2.05, 4.69) is 13.8 Å². The summed E-state index contributed by atoms with van der Waals surface area (Å²) in [4.78, 5) is 0. The molecule has 0 aliphatic heterocycles. The van der Waals surface area contributed by atoms with E-state index in [-0.39, 0.29) is 6.04 Å². The Morgan fingerprint density at radius 2 is 1.90 bits per heavy atom. The molecule has 0 amide bonds. The van der Waals surface area contributed by atoms with Gasteiger partial charge in [-0.2, -0.15) is 0 Å². The Labute approximate surface area is 62.8 Å². The van der Waals surface area contributed by atoms with Crippen LogP contribution >= 0.6 is 0 Å². The molecule has 0 aromatic rings. The first-order chi connectivity index (χ1) is 4.57. The maximum absolute atomic E-state index is 12.8. The summed E-state index contributed by atoms with van der Waals surface area (Å²) >= 11 is 0. The van der Waals surface area contributed by atoms with Crippen LogP contribution < -0.4 is 5.73 Å². The first-order valence-electron chi connectivity index (χ1n) is 3.97. The largest absolute Gasteiger partial charge is 0.325 e. The number of alkyl halides is 1. The summed E-state index contributed by atoms with van der Waals surface area (Å²) in [6, 6.07) is -0.311. The van der Waals surface area contributed by atoms with Crippen molar-refractivity contribution in [2.24, 2.45) is 11.7 Å². The average molecular weight is 147 g/mol. The van der Waals surface area contributed by atoms with Crippen LogP contribution in [0.4, 0.5) is 4.39 Å². The summed E-state index contributed by atoms with van der Waals surface area (Å²) in [6.07, 6.45) is 0.816. The van der Waals surface area contributed by atoms with Crippen molar-refractivity contribution in [3.63, 3.8) is 0 Å². The van der Waals surface area contributed by atoms with E-state index < -0.39 is 6.17 Å². The van der Waals surface area contributed by atoms with Crippen LogP contribution in [0.25, 0.3) is 0 Å². The topological polar surface area (TPSA) is 26.0 Å². The molecule has 0 heterocycles. The van der Waals surface area contributed by atoms with E-state index in [0.717, 1.165) is 6.42 Å². The van der Waals surface area contributed by atoms with Gasteiger partial charge in [0.05, 0.1) is 0 Å². The highest BCUT2D eigenvalue weighted by Crippen LogP contribution is 2.13. The van der Waals surface area contributed by atoms with Gasteiger partial charge in [-0.25, -0.2) is 4.39 Å². The van der Waals surface area contributed by atoms with Gasteiger partial charge in [0.2, 0.25) is 0 Å². The number of rotatable bonds is 4. The van der Waals surface area contributed by atoms with E-state index in [0.29, 0.717) is 12.3 Å². The molecule has 3 atom stereocenters. The third-order valence-electron chi connectivity index (χ3n) is 1.89. The van der Waals surface area contributed by atoms with E-state index in [9.17, 15) is 4.39 Å². The molecule has 0 saturated heterocycles. The molecule has 0 bridgehead atoms. The molecule has 0 aliphatic carbocycles. The summed E-state index contributed by atoms with van der Waals surface area (Å²) in [5.41, 5.74) is 5.36. The van der Waals surface area contributed by atoms with Gasteiger partial charge in [0.25, 0.3) is 0 Å². The molecule has 0 fully saturated rings. The highest BCUT2D eigenvalue weighted by molar-refractivity contribution is 4.69. The molecule has 62 valence electrons. The van der Waals surface area contributed by atoms with Crippen molar-refractivity contribution < 1.29 is 4.39 Å². The molecule has 0 aromatic carbocycles. The van der Waals surface area contributed by atoms with Crippen LogP contribution in [-0.4, -0.2) is 12.2 Å². The van der Waals surface area contributed by atoms with E-state index >= 15 is 0 Å². The summed E-state index contributed by atoms with van der Waals surface area (Å²) in [5, 5.41) is 0. The molecule has 0 spiro atoms. The number of halogens is 1. The van der Waals surface area contributed by atoms with Crippen molar-refractivity contribution in [1.82, 2.24) is 0 Å². The summed E-state index contributed by atoms with van der Waals surface area (Å²) in [5.74, 6) is 0.459. The second kappa shape index (κ2) is 4.67. The van der Waals surface area contributed by atoms with Crippen molar-refractivity contribution in [1.29, 1.82) is 0 Å². The minimum absolute atomic E-state index is 0.311. The molecular weight excluding hydrogens is 129 g/mol. The van der Waals surface area contributed by atoms with E-state index in [1.807, 2.05) is 0 Å². The number of hydrogen-bond donors (Lipinski definition) is 1. The van der Waals surface area contributed by atoms with Crippen LogP contribution in [0.1, 0.15) is 33.6 Å². The van der Waals surface area contributed by atoms with Crippen molar-refractivity contribution in [3.8, 4) is 0 Å². The lowest BCUT2D eigenvalue weighted by molar-refractivity contribution is 0.240. The van der Waals surface area contributed by atoms with Crippen LogP contribution in [0.5, 0.6) is 0 Å². The predicted molar refractivity (Wildman–Crippen MR) is 42.6 cm³/mol. The second-order valence-corrected chi connectivity index (χ2v) is 3.12. The lowest BCUT2D eigenvalue weighted by Crippen LogP contribution is -2.29. The monoisotopic (exact) mass is 147 g/mol. The van der Waals surface area contributed by atoms with Crippen molar-refractivity contribution in [3.05, 3.63) is 0 Å². The van der Waals surface area contributed by atoms with Gasteiger partial charge >= 0.3 is 0 Å². The highest BCUT2D eigenvalue weighted by Gasteiger charge is 2.14. The number of nitrogens with two attached hydrogens (primary N) is 1. The van der Waals surface area contributed by atoms with Gasteiger partial charge in [0, 0.05) is 6.04 Å². The molecule has 2 N–H and O–H groups in total. The van der Waals surface area contributed by atoms with Gasteiger partial charge in [-0.3, -0.25) is 0 Å². The molecule has 0 radical (unpaired) electrons. The van der Waals surface area contributed by atoms with Crippen LogP contribution in [0.2, 0.25) is 0 Å². The van der Waals surface area contributed by atoms with E-state index in [1.165, 1.54) is 0 Å². The molecule has 0 aromatic heterocycles. The van der Waals surface area contributed by atoms with Gasteiger partial charge in [0.15, 0.2) is 0 Å². The smallest absolute Gasteiger partial charge is 0.115 e. The van der Waals surface area contributed by atoms with Gasteiger partial charge in [-0.05, 0) is 19.3 Å². The van der Waals surface area contributed by atoms with Crippen LogP contribution in [0.15, 0.2) is 0 Å². The van der Waals surface area contributed by atoms with E-state index in [4.69, 9.17) is 5.73 Å². The summed E-state index contributed by atoms with van der Waals surface area (Å²) in [7, 11) is 0. The molecule has 2 heteroatoms. The van der Waals surface area contributed by atoms with Crippen molar-refractivity contribution in [2.75, 3.05) is 0 Å². The second-order valence-electron chi connectivity index (χ2n) is 3.12. The van der Waals surface area contributed by atoms with Crippen LogP contribution in [0.3, 0.4) is 0 Å². The zero-order chi connectivity index (χ0) is 8.15. The summed E-state index contributed by atoms with van der Waals surface area (Å²) < 4.78 is 12.8. The molecule has 0 rings (SSSR count). The fourth-order valence-corrected chi connectivity index (χ4v) is 0.766. The molecule has 1 nitrogen and oxygen atoms in total. The quantitative estimate of drug-likeness (QED) is 0.647. The Morgan fingerprint density at radius 3 is 2.20 bits per heavy atom. The van der Waals surface area contributed by atoms with Gasteiger partial charge in [0.1, 0.15) is 6.17 Å². The Morgan fingerprint density at radius 1 is 1.40 bits per heavy atom. The van der Waals surface area contributed by atoms with Gasteiger partial charge in [-0.15, -0.1) is 0 Å². The maximum Gasteiger partial charge on any atom is 0.115 e. The standard InChI is InChI=1S/C8H18FN/c1-4-6(2)5-8(9)7(3)10/h6-8H,4-5,10H2,1-3H3. The third kappa shape index (κ3) is 3.83. The highest BCUT2D eigenvalue weighted by atomic mass is 19.1. The fourth-order valence-electron chi connectivity index (χ4n) is 0.766. The first-order valence-corrected chi connectivity index (χ1v) is 3.97. The minimum atomic E-state index is -0.824. The number of hydrogen-bond acceptors (Lipinski definition) is 1. The zero-order valence-corrected chi connectivity index (χ0v) is 7.10. The SMILES string of the molecule is CCC(C)CC(F)C(C)N. The van der Waals surface area contributed by atoms with Crippen LogP contribution in [-0.2, 0) is 0 Å². The molecule has 0 saturated carbocycles. The third-order valence-corrected chi connectivity index (χ3v) is 1.89. The van der Waals surface area contributed by atoms with Crippen molar-refractivity contribution in [2.45, 2.75) is 45.8 Å². The maximum atomic E-state index is 12.8. The fraction of sp³-hybridized carbons (Fsp3) is 1.00. The minimum Gasteiger partial charge on any atom is -0.325 e. The molecule has 3 unspecified atom stereocenters. The van der Waals surface area contributed by atoms with Gasteiger partial charge < -0.3 is 5.73 Å². The first kappa shape index (κ1) is 9.89. The Hall–Kier alpha value is -0.110.